The topological polar surface area (TPSA) is 22.2 Å². The molecule has 118 valence electrons. The van der Waals surface area contributed by atoms with Crippen molar-refractivity contribution in [3.05, 3.63) is 72.9 Å². The van der Waals surface area contributed by atoms with Gasteiger partial charge in [0.05, 0.1) is 16.7 Å². The first-order valence-electron chi connectivity index (χ1n) is 7.73. The highest BCUT2D eigenvalue weighted by molar-refractivity contribution is 5.88. The second-order valence-electron chi connectivity index (χ2n) is 5.91. The Morgan fingerprint density at radius 2 is 1.50 bits per heavy atom. The molecular weight excluding hydrogens is 318 g/mol. The normalized spacial score (nSPS) is 11.2. The number of aromatic nitrogens is 3. The Kier molecular flexibility index (Phi) is 3.32. The van der Waals surface area contributed by atoms with Crippen molar-refractivity contribution in [2.75, 3.05) is 0 Å². The van der Waals surface area contributed by atoms with Gasteiger partial charge in [0.25, 0.3) is 0 Å². The van der Waals surface area contributed by atoms with Crippen molar-refractivity contribution in [1.82, 2.24) is 14.0 Å². The van der Waals surface area contributed by atoms with Crippen LogP contribution in [0.4, 0.5) is 0 Å². The molecule has 0 amide bonds. The van der Waals surface area contributed by atoms with E-state index in [1.165, 1.54) is 21.8 Å². The summed E-state index contributed by atoms with van der Waals surface area (Å²) in [6, 6.07) is 23.3. The van der Waals surface area contributed by atoms with Crippen molar-refractivity contribution in [1.29, 1.82) is 0 Å². The third-order valence-corrected chi connectivity index (χ3v) is 4.54. The zero-order valence-corrected chi connectivity index (χ0v) is 14.0. The van der Waals surface area contributed by atoms with Gasteiger partial charge in [-0.05, 0) is 29.0 Å². The van der Waals surface area contributed by atoms with E-state index in [1.807, 2.05) is 0 Å². The van der Waals surface area contributed by atoms with E-state index in [-0.39, 0.29) is 12.4 Å². The molecule has 0 saturated carbocycles. The van der Waals surface area contributed by atoms with Crippen molar-refractivity contribution in [3.8, 4) is 11.3 Å². The molecule has 0 radical (unpaired) electrons. The molecule has 0 unspecified atom stereocenters. The van der Waals surface area contributed by atoms with Crippen molar-refractivity contribution >= 4 is 40.0 Å². The lowest BCUT2D eigenvalue weighted by Gasteiger charge is -2.01. The zero-order valence-electron chi connectivity index (χ0n) is 13.2. The SMILES string of the molecule is Cl.Cn1c2ccccc2n2cc(-c3ccc4ccccc4c3)nc12. The molecule has 2 aromatic heterocycles. The molecule has 3 nitrogen and oxygen atoms in total. The lowest BCUT2D eigenvalue weighted by atomic mass is 10.1. The van der Waals surface area contributed by atoms with Crippen LogP contribution in [-0.4, -0.2) is 14.0 Å². The fourth-order valence-corrected chi connectivity index (χ4v) is 3.33. The summed E-state index contributed by atoms with van der Waals surface area (Å²) in [5, 5.41) is 2.50. The number of aryl methyl sites for hydroxylation is 1. The fraction of sp³-hybridized carbons (Fsp3) is 0.0500. The van der Waals surface area contributed by atoms with Gasteiger partial charge in [0.15, 0.2) is 0 Å². The molecular formula is C20H16ClN3. The summed E-state index contributed by atoms with van der Waals surface area (Å²) in [6.07, 6.45) is 2.13. The van der Waals surface area contributed by atoms with Crippen LogP contribution in [0.5, 0.6) is 0 Å². The first-order chi connectivity index (χ1) is 11.3. The number of imidazole rings is 2. The lowest BCUT2D eigenvalue weighted by Crippen LogP contribution is -1.88. The minimum absolute atomic E-state index is 0. The highest BCUT2D eigenvalue weighted by Crippen LogP contribution is 2.27. The maximum atomic E-state index is 4.85. The molecule has 4 heteroatoms. The van der Waals surface area contributed by atoms with Gasteiger partial charge in [-0.15, -0.1) is 12.4 Å². The number of hydrogen-bond donors (Lipinski definition) is 0. The second kappa shape index (κ2) is 5.39. The van der Waals surface area contributed by atoms with E-state index in [0.29, 0.717) is 0 Å². The molecule has 0 saturated heterocycles. The molecule has 0 atom stereocenters. The third kappa shape index (κ3) is 2.02. The number of halogens is 1. The lowest BCUT2D eigenvalue weighted by molar-refractivity contribution is 0.970. The summed E-state index contributed by atoms with van der Waals surface area (Å²) in [5.41, 5.74) is 4.54. The van der Waals surface area contributed by atoms with Crippen molar-refractivity contribution < 1.29 is 0 Å². The Morgan fingerprint density at radius 1 is 0.792 bits per heavy atom. The van der Waals surface area contributed by atoms with Gasteiger partial charge >= 0.3 is 0 Å². The number of nitrogens with zero attached hydrogens (tertiary/aromatic N) is 3. The fourth-order valence-electron chi connectivity index (χ4n) is 3.33. The summed E-state index contributed by atoms with van der Waals surface area (Å²) < 4.78 is 4.31. The summed E-state index contributed by atoms with van der Waals surface area (Å²) in [5.74, 6) is 0.967. The predicted octanol–water partition coefficient (Wildman–Crippen LogP) is 5.07. The first kappa shape index (κ1) is 14.8. The standard InChI is InChI=1S/C20H15N3.ClH/c1-22-18-8-4-5-9-19(18)23-13-17(21-20(22)23)16-11-10-14-6-2-3-7-15(14)12-16;/h2-13H,1H3;1H. The van der Waals surface area contributed by atoms with Gasteiger partial charge in [-0.3, -0.25) is 4.40 Å². The van der Waals surface area contributed by atoms with Crippen LogP contribution in [-0.2, 0) is 7.05 Å². The Bertz CT molecular complexity index is 1180. The van der Waals surface area contributed by atoms with Gasteiger partial charge in [0, 0.05) is 18.8 Å². The van der Waals surface area contributed by atoms with Crippen LogP contribution < -0.4 is 0 Å². The Balaban J connectivity index is 0.00000146. The van der Waals surface area contributed by atoms with Crippen molar-refractivity contribution in [2.45, 2.75) is 0 Å². The summed E-state index contributed by atoms with van der Waals surface area (Å²) in [4.78, 5) is 4.85. The number of fused-ring (bicyclic) bond motifs is 4. The number of rotatable bonds is 1. The van der Waals surface area contributed by atoms with E-state index in [9.17, 15) is 0 Å². The Morgan fingerprint density at radius 3 is 2.33 bits per heavy atom. The molecule has 24 heavy (non-hydrogen) atoms. The van der Waals surface area contributed by atoms with Gasteiger partial charge in [0.1, 0.15) is 0 Å². The predicted molar refractivity (Wildman–Crippen MR) is 102 cm³/mol. The van der Waals surface area contributed by atoms with Gasteiger partial charge in [-0.2, -0.15) is 0 Å². The molecule has 0 aliphatic heterocycles. The largest absolute Gasteiger partial charge is 0.313 e. The van der Waals surface area contributed by atoms with Crippen molar-refractivity contribution in [2.24, 2.45) is 7.05 Å². The van der Waals surface area contributed by atoms with E-state index in [0.717, 1.165) is 17.0 Å². The van der Waals surface area contributed by atoms with Crippen LogP contribution in [0.1, 0.15) is 0 Å². The second-order valence-corrected chi connectivity index (χ2v) is 5.91. The summed E-state index contributed by atoms with van der Waals surface area (Å²) in [6.45, 7) is 0. The van der Waals surface area contributed by atoms with Crippen LogP contribution in [0.2, 0.25) is 0 Å². The molecule has 3 aromatic carbocycles. The van der Waals surface area contributed by atoms with E-state index in [4.69, 9.17) is 4.98 Å². The molecule has 0 aliphatic rings. The highest BCUT2D eigenvalue weighted by atomic mass is 35.5. The smallest absolute Gasteiger partial charge is 0.215 e. The maximum absolute atomic E-state index is 4.85. The Labute approximate surface area is 145 Å². The van der Waals surface area contributed by atoms with Crippen molar-refractivity contribution in [3.63, 3.8) is 0 Å². The monoisotopic (exact) mass is 333 g/mol. The zero-order chi connectivity index (χ0) is 15.4. The van der Waals surface area contributed by atoms with Gasteiger partial charge in [-0.25, -0.2) is 4.98 Å². The quantitative estimate of drug-likeness (QED) is 0.420. The molecule has 0 aliphatic carbocycles. The van der Waals surface area contributed by atoms with Crippen LogP contribution in [0.3, 0.4) is 0 Å². The average Bonchev–Trinajstić information content (AvgIpc) is 3.15. The number of hydrogen-bond acceptors (Lipinski definition) is 1. The minimum Gasteiger partial charge on any atom is -0.313 e. The van der Waals surface area contributed by atoms with E-state index in [2.05, 4.69) is 88.9 Å². The molecule has 0 bridgehead atoms. The molecule has 0 spiro atoms. The van der Waals surface area contributed by atoms with Crippen LogP contribution in [0, 0.1) is 0 Å². The van der Waals surface area contributed by atoms with E-state index in [1.54, 1.807) is 0 Å². The first-order valence-corrected chi connectivity index (χ1v) is 7.73. The van der Waals surface area contributed by atoms with Gasteiger partial charge in [-0.1, -0.05) is 48.5 Å². The van der Waals surface area contributed by atoms with Gasteiger partial charge in [0.2, 0.25) is 5.78 Å². The van der Waals surface area contributed by atoms with E-state index >= 15 is 0 Å². The minimum atomic E-state index is 0. The van der Waals surface area contributed by atoms with Gasteiger partial charge < -0.3 is 4.57 Å². The highest BCUT2D eigenvalue weighted by Gasteiger charge is 2.12. The molecule has 5 aromatic rings. The Hall–Kier alpha value is -2.78. The maximum Gasteiger partial charge on any atom is 0.215 e. The van der Waals surface area contributed by atoms with Crippen LogP contribution in [0.15, 0.2) is 72.9 Å². The molecule has 2 heterocycles. The van der Waals surface area contributed by atoms with Crippen LogP contribution >= 0.6 is 12.4 Å². The summed E-state index contributed by atoms with van der Waals surface area (Å²) >= 11 is 0. The van der Waals surface area contributed by atoms with Crippen LogP contribution in [0.25, 0.3) is 38.8 Å². The molecule has 0 N–H and O–H groups in total. The summed E-state index contributed by atoms with van der Waals surface area (Å²) in [7, 11) is 2.06. The molecule has 5 rings (SSSR count). The average molecular weight is 334 g/mol. The third-order valence-electron chi connectivity index (χ3n) is 4.54. The van der Waals surface area contributed by atoms with E-state index < -0.39 is 0 Å². The number of benzene rings is 3. The number of para-hydroxylation sites is 2. The molecule has 0 fully saturated rings.